The molecular formula is C20H16F2N6O5. The van der Waals surface area contributed by atoms with Gasteiger partial charge in [0.25, 0.3) is 17.5 Å². The molecule has 0 unspecified atom stereocenters. The molecule has 1 saturated heterocycles. The van der Waals surface area contributed by atoms with Gasteiger partial charge in [-0.15, -0.1) is 10.2 Å². The molecule has 13 heteroatoms. The van der Waals surface area contributed by atoms with Gasteiger partial charge in [0, 0.05) is 18.3 Å². The van der Waals surface area contributed by atoms with Gasteiger partial charge in [0.05, 0.1) is 28.4 Å². The topological polar surface area (TPSA) is 136 Å². The van der Waals surface area contributed by atoms with Gasteiger partial charge >= 0.3 is 12.5 Å². The number of pyridine rings is 1. The molecule has 1 aliphatic rings. The number of urea groups is 1. The van der Waals surface area contributed by atoms with E-state index >= 15 is 0 Å². The van der Waals surface area contributed by atoms with Crippen molar-refractivity contribution < 1.29 is 27.7 Å². The Morgan fingerprint density at radius 1 is 1.18 bits per heavy atom. The number of carbonyl (C=O) groups is 2. The molecule has 0 N–H and O–H groups in total. The Balaban J connectivity index is 1.57. The number of imide groups is 1. The molecule has 11 nitrogen and oxygen atoms in total. The second-order valence-corrected chi connectivity index (χ2v) is 7.63. The molecule has 1 aliphatic heterocycles. The highest BCUT2D eigenvalue weighted by molar-refractivity contribution is 6.16. The van der Waals surface area contributed by atoms with Gasteiger partial charge in [-0.25, -0.2) is 4.79 Å². The number of amides is 3. The van der Waals surface area contributed by atoms with E-state index in [0.29, 0.717) is 5.69 Å². The summed E-state index contributed by atoms with van der Waals surface area (Å²) in [5.41, 5.74) is -0.664. The summed E-state index contributed by atoms with van der Waals surface area (Å²) in [7, 11) is 0. The summed E-state index contributed by atoms with van der Waals surface area (Å²) in [5, 5.41) is 17.9. The van der Waals surface area contributed by atoms with E-state index in [1.165, 1.54) is 47.5 Å². The van der Waals surface area contributed by atoms with Crippen molar-refractivity contribution in [3.8, 4) is 11.5 Å². The van der Waals surface area contributed by atoms with E-state index in [1.807, 2.05) is 0 Å². The minimum atomic E-state index is -2.90. The molecule has 170 valence electrons. The first-order chi connectivity index (χ1) is 15.6. The predicted molar refractivity (Wildman–Crippen MR) is 108 cm³/mol. The third kappa shape index (κ3) is 3.88. The van der Waals surface area contributed by atoms with Crippen LogP contribution in [0.5, 0.6) is 0 Å². The lowest BCUT2D eigenvalue weighted by Crippen LogP contribution is -2.44. The quantitative estimate of drug-likeness (QED) is 0.310. The van der Waals surface area contributed by atoms with Crippen LogP contribution >= 0.6 is 0 Å². The number of non-ortho nitro benzene ring substituents is 1. The molecule has 0 bridgehead atoms. The van der Waals surface area contributed by atoms with Crippen LogP contribution in [0.1, 0.15) is 31.9 Å². The Morgan fingerprint density at radius 2 is 1.94 bits per heavy atom. The van der Waals surface area contributed by atoms with Gasteiger partial charge in [0.1, 0.15) is 5.54 Å². The summed E-state index contributed by atoms with van der Waals surface area (Å²) in [6, 6.07) is 7.77. The van der Waals surface area contributed by atoms with Gasteiger partial charge in [0.15, 0.2) is 0 Å². The number of nitro groups is 1. The Hall–Kier alpha value is -4.29. The van der Waals surface area contributed by atoms with Gasteiger partial charge in [-0.05, 0) is 32.0 Å². The summed E-state index contributed by atoms with van der Waals surface area (Å²) in [6.45, 7) is 2.91. The smallest absolute Gasteiger partial charge is 0.332 e. The Morgan fingerprint density at radius 3 is 2.55 bits per heavy atom. The Bertz CT molecular complexity index is 1240. The third-order valence-corrected chi connectivity index (χ3v) is 5.07. The van der Waals surface area contributed by atoms with Crippen molar-refractivity contribution >= 4 is 23.3 Å². The Labute approximate surface area is 184 Å². The maximum atomic E-state index is 13.1. The molecule has 33 heavy (non-hydrogen) atoms. The standard InChI is InChI=1S/C20H16F2N6O5/c1-20(2)18(29)26(19(30)27(20)13-4-3-5-14(8-13)28(31)32)10-12-7-6-11(9-23-12)16-24-25-17(33-16)15(21)22/h3-9,15H,10H2,1-2H3. The number of carbonyl (C=O) groups excluding carboxylic acids is 2. The fourth-order valence-corrected chi connectivity index (χ4v) is 3.44. The molecule has 0 spiro atoms. The van der Waals surface area contributed by atoms with Crippen molar-refractivity contribution in [1.82, 2.24) is 20.1 Å². The maximum absolute atomic E-state index is 13.1. The number of nitrogens with zero attached hydrogens (tertiary/aromatic N) is 6. The number of halogens is 2. The zero-order valence-electron chi connectivity index (χ0n) is 17.3. The van der Waals surface area contributed by atoms with Crippen molar-refractivity contribution in [2.45, 2.75) is 32.4 Å². The van der Waals surface area contributed by atoms with Crippen molar-refractivity contribution in [3.63, 3.8) is 0 Å². The minimum absolute atomic E-state index is 0.143. The van der Waals surface area contributed by atoms with Gasteiger partial charge in [-0.1, -0.05) is 6.07 Å². The lowest BCUT2D eigenvalue weighted by atomic mass is 10.0. The fraction of sp³-hybridized carbons (Fsp3) is 0.250. The molecule has 3 amide bonds. The van der Waals surface area contributed by atoms with Gasteiger partial charge in [0.2, 0.25) is 5.89 Å². The van der Waals surface area contributed by atoms with Crippen LogP contribution in [0.2, 0.25) is 0 Å². The largest absolute Gasteiger partial charge is 0.415 e. The average molecular weight is 458 g/mol. The molecule has 0 aliphatic carbocycles. The second-order valence-electron chi connectivity index (χ2n) is 7.63. The van der Waals surface area contributed by atoms with Crippen molar-refractivity contribution in [1.29, 1.82) is 0 Å². The SMILES string of the molecule is CC1(C)C(=O)N(Cc2ccc(-c3nnc(C(F)F)o3)cn2)C(=O)N1c1cccc([N+](=O)[O-])c1. The molecule has 3 aromatic rings. The number of benzene rings is 1. The number of aromatic nitrogens is 3. The monoisotopic (exact) mass is 458 g/mol. The van der Waals surface area contributed by atoms with Crippen LogP contribution in [0, 0.1) is 10.1 Å². The van der Waals surface area contributed by atoms with E-state index in [4.69, 9.17) is 4.42 Å². The summed E-state index contributed by atoms with van der Waals surface area (Å²) >= 11 is 0. The normalized spacial score (nSPS) is 15.5. The molecular weight excluding hydrogens is 442 g/mol. The van der Waals surface area contributed by atoms with E-state index in [2.05, 4.69) is 15.2 Å². The van der Waals surface area contributed by atoms with Gasteiger partial charge in [-0.3, -0.25) is 29.7 Å². The van der Waals surface area contributed by atoms with E-state index in [1.54, 1.807) is 13.8 Å². The first kappa shape index (κ1) is 21.9. The van der Waals surface area contributed by atoms with E-state index in [-0.39, 0.29) is 29.4 Å². The number of anilines is 1. The molecule has 0 atom stereocenters. The van der Waals surface area contributed by atoms with Crippen LogP contribution in [-0.2, 0) is 11.3 Å². The van der Waals surface area contributed by atoms with E-state index in [9.17, 15) is 28.5 Å². The number of hydrogen-bond donors (Lipinski definition) is 0. The number of hydrogen-bond acceptors (Lipinski definition) is 8. The third-order valence-electron chi connectivity index (χ3n) is 5.07. The zero-order valence-corrected chi connectivity index (χ0v) is 17.3. The lowest BCUT2D eigenvalue weighted by molar-refractivity contribution is -0.384. The molecule has 0 radical (unpaired) electrons. The number of nitro benzene ring substituents is 1. The molecule has 1 fully saturated rings. The molecule has 0 saturated carbocycles. The number of alkyl halides is 2. The minimum Gasteiger partial charge on any atom is -0.415 e. The van der Waals surface area contributed by atoms with Crippen LogP contribution in [0.25, 0.3) is 11.5 Å². The lowest BCUT2D eigenvalue weighted by Gasteiger charge is -2.27. The van der Waals surface area contributed by atoms with Crippen molar-refractivity contribution in [2.24, 2.45) is 0 Å². The highest BCUT2D eigenvalue weighted by Gasteiger charge is 2.52. The highest BCUT2D eigenvalue weighted by Crippen LogP contribution is 2.35. The van der Waals surface area contributed by atoms with Crippen LogP contribution in [-0.4, -0.2) is 42.5 Å². The van der Waals surface area contributed by atoms with Gasteiger partial charge in [-0.2, -0.15) is 8.78 Å². The second kappa shape index (κ2) is 8.00. The predicted octanol–water partition coefficient (Wildman–Crippen LogP) is 3.72. The maximum Gasteiger partial charge on any atom is 0.332 e. The molecule has 2 aromatic heterocycles. The van der Waals surface area contributed by atoms with Crippen LogP contribution in [0.3, 0.4) is 0 Å². The van der Waals surface area contributed by atoms with E-state index < -0.39 is 34.7 Å². The first-order valence-electron chi connectivity index (χ1n) is 9.57. The fourth-order valence-electron chi connectivity index (χ4n) is 3.44. The summed E-state index contributed by atoms with van der Waals surface area (Å²) < 4.78 is 30.1. The van der Waals surface area contributed by atoms with Crippen LogP contribution in [0.4, 0.5) is 25.0 Å². The average Bonchev–Trinajstić information content (AvgIpc) is 3.33. The summed E-state index contributed by atoms with van der Waals surface area (Å²) in [5.74, 6) is -1.47. The van der Waals surface area contributed by atoms with Crippen molar-refractivity contribution in [2.75, 3.05) is 4.90 Å². The number of rotatable bonds is 6. The Kier molecular flexibility index (Phi) is 5.31. The summed E-state index contributed by atoms with van der Waals surface area (Å²) in [4.78, 5) is 43.0. The van der Waals surface area contributed by atoms with E-state index in [0.717, 1.165) is 4.90 Å². The summed E-state index contributed by atoms with van der Waals surface area (Å²) in [6.07, 6.45) is -1.60. The molecule has 1 aromatic carbocycles. The molecule has 3 heterocycles. The van der Waals surface area contributed by atoms with Crippen LogP contribution in [0.15, 0.2) is 47.0 Å². The van der Waals surface area contributed by atoms with Gasteiger partial charge < -0.3 is 4.42 Å². The zero-order chi connectivity index (χ0) is 23.9. The molecule has 4 rings (SSSR count). The first-order valence-corrected chi connectivity index (χ1v) is 9.57. The van der Waals surface area contributed by atoms with Crippen molar-refractivity contribution in [3.05, 3.63) is 64.3 Å². The highest BCUT2D eigenvalue weighted by atomic mass is 19.3. The van der Waals surface area contributed by atoms with Crippen LogP contribution < -0.4 is 4.90 Å².